The summed E-state index contributed by atoms with van der Waals surface area (Å²) in [6.45, 7) is 6.01. The largest absolute Gasteiger partial charge is 0.465 e. The summed E-state index contributed by atoms with van der Waals surface area (Å²) >= 11 is 0. The number of nitrogen functional groups attached to an aromatic ring is 1. The van der Waals surface area contributed by atoms with Gasteiger partial charge in [-0.15, -0.1) is 0 Å². The maximum absolute atomic E-state index is 11.7. The molecule has 20 heavy (non-hydrogen) atoms. The highest BCUT2D eigenvalue weighted by Gasteiger charge is 2.29. The number of methoxy groups -OCH3 is 1. The van der Waals surface area contributed by atoms with Crippen molar-refractivity contribution in [1.29, 1.82) is 0 Å². The van der Waals surface area contributed by atoms with E-state index in [0.717, 1.165) is 13.1 Å². The zero-order valence-electron chi connectivity index (χ0n) is 12.5. The van der Waals surface area contributed by atoms with Crippen molar-refractivity contribution in [3.63, 3.8) is 0 Å². The molecule has 0 amide bonds. The third kappa shape index (κ3) is 2.56. The van der Waals surface area contributed by atoms with Gasteiger partial charge < -0.3 is 15.4 Å². The Bertz CT molecular complexity index is 494. The summed E-state index contributed by atoms with van der Waals surface area (Å²) in [6.07, 6.45) is 1.60. The van der Waals surface area contributed by atoms with Crippen LogP contribution < -0.4 is 10.6 Å². The lowest BCUT2D eigenvalue weighted by Crippen LogP contribution is -2.55. The second-order valence-corrected chi connectivity index (χ2v) is 5.36. The fourth-order valence-electron chi connectivity index (χ4n) is 2.58. The molecule has 6 nitrogen and oxygen atoms in total. The Labute approximate surface area is 119 Å². The number of pyridine rings is 1. The maximum Gasteiger partial charge on any atom is 0.340 e. The topological polar surface area (TPSA) is 71.7 Å². The number of rotatable bonds is 2. The third-order valence-electron chi connectivity index (χ3n) is 4.03. The van der Waals surface area contributed by atoms with Crippen LogP contribution in [-0.4, -0.2) is 55.2 Å². The van der Waals surface area contributed by atoms with Gasteiger partial charge in [0.15, 0.2) is 5.82 Å². The van der Waals surface area contributed by atoms with E-state index < -0.39 is 5.97 Å². The molecule has 2 rings (SSSR count). The lowest BCUT2D eigenvalue weighted by Gasteiger charge is -2.43. The molecule has 2 heterocycles. The van der Waals surface area contributed by atoms with Gasteiger partial charge in [0.2, 0.25) is 0 Å². The molecule has 0 aromatic carbocycles. The number of carbonyl (C=O) groups excluding carboxylic acids is 1. The first-order chi connectivity index (χ1) is 9.45. The Balaban J connectivity index is 2.32. The van der Waals surface area contributed by atoms with Gasteiger partial charge in [-0.25, -0.2) is 9.78 Å². The summed E-state index contributed by atoms with van der Waals surface area (Å²) in [4.78, 5) is 20.5. The zero-order chi connectivity index (χ0) is 14.9. The molecule has 1 aromatic rings. The third-order valence-corrected chi connectivity index (χ3v) is 4.03. The molecule has 1 aliphatic heterocycles. The lowest BCUT2D eigenvalue weighted by molar-refractivity contribution is 0.0602. The molecule has 0 radical (unpaired) electrons. The Morgan fingerprint density at radius 2 is 2.00 bits per heavy atom. The number of esters is 1. The van der Waals surface area contributed by atoms with Crippen LogP contribution in [0.15, 0.2) is 12.3 Å². The Morgan fingerprint density at radius 3 is 2.55 bits per heavy atom. The minimum atomic E-state index is -0.429. The molecule has 1 aromatic heterocycles. The number of hydrogen-bond acceptors (Lipinski definition) is 6. The molecule has 0 spiro atoms. The van der Waals surface area contributed by atoms with E-state index in [1.165, 1.54) is 7.11 Å². The van der Waals surface area contributed by atoms with Gasteiger partial charge in [-0.2, -0.15) is 0 Å². The number of carbonyl (C=O) groups is 1. The van der Waals surface area contributed by atoms with Gasteiger partial charge in [-0.1, -0.05) is 0 Å². The van der Waals surface area contributed by atoms with Crippen LogP contribution in [-0.2, 0) is 4.74 Å². The van der Waals surface area contributed by atoms with Gasteiger partial charge in [0.25, 0.3) is 0 Å². The minimum Gasteiger partial charge on any atom is -0.465 e. The molecule has 2 atom stereocenters. The molecule has 2 unspecified atom stereocenters. The molecule has 1 aliphatic rings. The van der Waals surface area contributed by atoms with Crippen LogP contribution in [0.5, 0.6) is 0 Å². The highest BCUT2D eigenvalue weighted by Crippen LogP contribution is 2.27. The first-order valence-corrected chi connectivity index (χ1v) is 6.75. The zero-order valence-corrected chi connectivity index (χ0v) is 12.5. The summed E-state index contributed by atoms with van der Waals surface area (Å²) in [5.74, 6) is 0.237. The van der Waals surface area contributed by atoms with Gasteiger partial charge >= 0.3 is 5.97 Å². The SMILES string of the molecule is COC(=O)c1ccnc(N2CC(C)N(C)C(C)C2)c1N. The second-order valence-electron chi connectivity index (χ2n) is 5.36. The van der Waals surface area contributed by atoms with E-state index in [0.29, 0.717) is 29.2 Å². The fourth-order valence-corrected chi connectivity index (χ4v) is 2.58. The predicted octanol–water partition coefficient (Wildman–Crippen LogP) is 0.979. The van der Waals surface area contributed by atoms with Crippen molar-refractivity contribution in [2.45, 2.75) is 25.9 Å². The van der Waals surface area contributed by atoms with E-state index in [4.69, 9.17) is 10.5 Å². The molecule has 6 heteroatoms. The highest BCUT2D eigenvalue weighted by molar-refractivity contribution is 5.97. The molecule has 2 N–H and O–H groups in total. The molecule has 0 saturated carbocycles. The highest BCUT2D eigenvalue weighted by atomic mass is 16.5. The Morgan fingerprint density at radius 1 is 1.40 bits per heavy atom. The van der Waals surface area contributed by atoms with Crippen LogP contribution in [0.25, 0.3) is 0 Å². The summed E-state index contributed by atoms with van der Waals surface area (Å²) in [6, 6.07) is 2.40. The Hall–Kier alpha value is -1.82. The van der Waals surface area contributed by atoms with Gasteiger partial charge in [0, 0.05) is 31.4 Å². The lowest BCUT2D eigenvalue weighted by atomic mass is 10.1. The van der Waals surface area contributed by atoms with Gasteiger partial charge in [-0.3, -0.25) is 4.90 Å². The number of piperazine rings is 1. The fraction of sp³-hybridized carbons (Fsp3) is 0.571. The number of ether oxygens (including phenoxy) is 1. The number of aromatic nitrogens is 1. The molecule has 1 fully saturated rings. The van der Waals surface area contributed by atoms with Crippen LogP contribution in [0.3, 0.4) is 0 Å². The van der Waals surface area contributed by atoms with E-state index in [1.54, 1.807) is 12.3 Å². The quantitative estimate of drug-likeness (QED) is 0.813. The van der Waals surface area contributed by atoms with E-state index in [-0.39, 0.29) is 0 Å². The summed E-state index contributed by atoms with van der Waals surface area (Å²) in [7, 11) is 3.47. The molecule has 0 aliphatic carbocycles. The van der Waals surface area contributed by atoms with E-state index in [2.05, 4.69) is 35.7 Å². The number of likely N-dealkylation sites (N-methyl/N-ethyl adjacent to an activating group) is 1. The van der Waals surface area contributed by atoms with Crippen LogP contribution in [0.4, 0.5) is 11.5 Å². The van der Waals surface area contributed by atoms with Crippen molar-refractivity contribution in [2.75, 3.05) is 37.9 Å². The molecule has 110 valence electrons. The minimum absolute atomic E-state index is 0.372. The number of nitrogens with two attached hydrogens (primary N) is 1. The summed E-state index contributed by atoms with van der Waals surface area (Å²) in [5.41, 5.74) is 6.86. The molecular weight excluding hydrogens is 256 g/mol. The van der Waals surface area contributed by atoms with E-state index in [1.807, 2.05) is 0 Å². The summed E-state index contributed by atoms with van der Waals surface area (Å²) < 4.78 is 4.75. The number of nitrogens with zero attached hydrogens (tertiary/aromatic N) is 3. The average Bonchev–Trinajstić information content (AvgIpc) is 2.43. The second kappa shape index (κ2) is 5.66. The van der Waals surface area contributed by atoms with Crippen molar-refractivity contribution in [3.05, 3.63) is 17.8 Å². The number of anilines is 2. The van der Waals surface area contributed by atoms with Crippen LogP contribution in [0.1, 0.15) is 24.2 Å². The number of hydrogen-bond donors (Lipinski definition) is 1. The van der Waals surface area contributed by atoms with Gasteiger partial charge in [-0.05, 0) is 27.0 Å². The van der Waals surface area contributed by atoms with E-state index >= 15 is 0 Å². The molecule has 0 bridgehead atoms. The maximum atomic E-state index is 11.7. The standard InChI is InChI=1S/C14H22N4O2/c1-9-7-18(8-10(2)17(9)3)13-12(15)11(5-6-16-13)14(19)20-4/h5-6,9-10H,7-8,15H2,1-4H3. The van der Waals surface area contributed by atoms with Crippen molar-refractivity contribution in [3.8, 4) is 0 Å². The van der Waals surface area contributed by atoms with E-state index in [9.17, 15) is 4.79 Å². The van der Waals surface area contributed by atoms with Crippen molar-refractivity contribution in [2.24, 2.45) is 0 Å². The van der Waals surface area contributed by atoms with Crippen LogP contribution >= 0.6 is 0 Å². The van der Waals surface area contributed by atoms with Gasteiger partial charge in [0.1, 0.15) is 0 Å². The van der Waals surface area contributed by atoms with Gasteiger partial charge in [0.05, 0.1) is 18.4 Å². The monoisotopic (exact) mass is 278 g/mol. The molecule has 1 saturated heterocycles. The van der Waals surface area contributed by atoms with Crippen molar-refractivity contribution < 1.29 is 9.53 Å². The van der Waals surface area contributed by atoms with Crippen LogP contribution in [0, 0.1) is 0 Å². The van der Waals surface area contributed by atoms with Crippen molar-refractivity contribution >= 4 is 17.5 Å². The average molecular weight is 278 g/mol. The summed E-state index contributed by atoms with van der Waals surface area (Å²) in [5, 5.41) is 0. The Kier molecular flexibility index (Phi) is 4.13. The first-order valence-electron chi connectivity index (χ1n) is 6.75. The molecular formula is C14H22N4O2. The van der Waals surface area contributed by atoms with Crippen LogP contribution in [0.2, 0.25) is 0 Å². The van der Waals surface area contributed by atoms with Crippen molar-refractivity contribution in [1.82, 2.24) is 9.88 Å². The smallest absolute Gasteiger partial charge is 0.340 e. The normalized spacial score (nSPS) is 23.7. The predicted molar refractivity (Wildman–Crippen MR) is 78.9 cm³/mol. The first kappa shape index (κ1) is 14.6.